The van der Waals surface area contributed by atoms with Gasteiger partial charge in [0, 0.05) is 54.7 Å². The lowest BCUT2D eigenvalue weighted by Gasteiger charge is -2.20. The van der Waals surface area contributed by atoms with Crippen molar-refractivity contribution in [2.75, 3.05) is 24.3 Å². The summed E-state index contributed by atoms with van der Waals surface area (Å²) in [6.45, 7) is 0. The molecule has 27 heavy (non-hydrogen) atoms. The Morgan fingerprint density at radius 1 is 1.19 bits per heavy atom. The number of rotatable bonds is 5. The van der Waals surface area contributed by atoms with Gasteiger partial charge in [0.1, 0.15) is 0 Å². The van der Waals surface area contributed by atoms with Crippen LogP contribution in [0.15, 0.2) is 42.6 Å². The SMILES string of the molecule is CN(C)c1ccc2ncc(C(=O)[O-])c(Nc3cc([N+](=O)[O-])ccc3[O-])c2c1. The van der Waals surface area contributed by atoms with E-state index in [1.165, 1.54) is 0 Å². The van der Waals surface area contributed by atoms with Gasteiger partial charge in [0.15, 0.2) is 0 Å². The number of carboxylic acid groups (broad SMARTS) is 1. The van der Waals surface area contributed by atoms with Crippen LogP contribution in [0.1, 0.15) is 10.4 Å². The van der Waals surface area contributed by atoms with Crippen LogP contribution in [0.4, 0.5) is 22.7 Å². The molecule has 0 spiro atoms. The zero-order valence-electron chi connectivity index (χ0n) is 14.4. The van der Waals surface area contributed by atoms with Crippen molar-refractivity contribution in [1.82, 2.24) is 4.98 Å². The van der Waals surface area contributed by atoms with Gasteiger partial charge in [0.05, 0.1) is 22.1 Å². The van der Waals surface area contributed by atoms with Crippen molar-refractivity contribution in [1.29, 1.82) is 0 Å². The maximum absolute atomic E-state index is 12.1. The lowest BCUT2D eigenvalue weighted by molar-refractivity contribution is -0.385. The molecule has 9 heteroatoms. The molecule has 2 aromatic carbocycles. The zero-order valence-corrected chi connectivity index (χ0v) is 14.4. The molecule has 0 unspecified atom stereocenters. The van der Waals surface area contributed by atoms with Crippen LogP contribution in [0.25, 0.3) is 10.9 Å². The Kier molecular flexibility index (Phi) is 4.51. The number of pyridine rings is 1. The number of aromatic nitrogens is 1. The number of nitro benzene ring substituents is 1. The normalized spacial score (nSPS) is 10.6. The van der Waals surface area contributed by atoms with Gasteiger partial charge >= 0.3 is 0 Å². The fourth-order valence-corrected chi connectivity index (χ4v) is 2.61. The van der Waals surface area contributed by atoms with Gasteiger partial charge in [0.2, 0.25) is 0 Å². The number of nitrogens with one attached hydrogen (secondary N) is 1. The standard InChI is InChI=1S/C18H16N4O5/c1-21(2)10-3-5-14-12(7-10)17(13(9-19-14)18(24)25)20-15-8-11(22(26)27)4-6-16(15)23/h3-9,23H,1-2H3,(H,19,20)(H,24,25)/p-2. The zero-order chi connectivity index (χ0) is 19.7. The van der Waals surface area contributed by atoms with Gasteiger partial charge < -0.3 is 25.2 Å². The summed E-state index contributed by atoms with van der Waals surface area (Å²) in [5.74, 6) is -2.00. The van der Waals surface area contributed by atoms with E-state index in [0.717, 1.165) is 30.1 Å². The summed E-state index contributed by atoms with van der Waals surface area (Å²) in [4.78, 5) is 27.8. The van der Waals surface area contributed by atoms with Crippen LogP contribution < -0.4 is 20.4 Å². The highest BCUT2D eigenvalue weighted by molar-refractivity contribution is 6.05. The average Bonchev–Trinajstić information content (AvgIpc) is 2.62. The highest BCUT2D eigenvalue weighted by Gasteiger charge is 2.14. The van der Waals surface area contributed by atoms with E-state index in [0.29, 0.717) is 10.9 Å². The summed E-state index contributed by atoms with van der Waals surface area (Å²) < 4.78 is 0. The van der Waals surface area contributed by atoms with E-state index in [1.807, 2.05) is 25.1 Å². The molecule has 0 amide bonds. The van der Waals surface area contributed by atoms with Crippen LogP contribution in [-0.2, 0) is 0 Å². The number of carbonyl (C=O) groups excluding carboxylic acids is 1. The number of nitrogens with zero attached hydrogens (tertiary/aromatic N) is 3. The predicted octanol–water partition coefficient (Wildman–Crippen LogP) is 1.39. The second kappa shape index (κ2) is 6.79. The summed E-state index contributed by atoms with van der Waals surface area (Å²) in [5.41, 5.74) is 0.690. The van der Waals surface area contributed by atoms with Gasteiger partial charge in [-0.2, -0.15) is 0 Å². The van der Waals surface area contributed by atoms with E-state index in [9.17, 15) is 25.1 Å². The Morgan fingerprint density at radius 2 is 1.93 bits per heavy atom. The Balaban J connectivity index is 2.24. The number of hydrogen-bond acceptors (Lipinski definition) is 8. The minimum atomic E-state index is -1.49. The van der Waals surface area contributed by atoms with Gasteiger partial charge in [-0.05, 0) is 18.2 Å². The summed E-state index contributed by atoms with van der Waals surface area (Å²) >= 11 is 0. The lowest BCUT2D eigenvalue weighted by atomic mass is 10.1. The highest BCUT2D eigenvalue weighted by atomic mass is 16.6. The fourth-order valence-electron chi connectivity index (χ4n) is 2.61. The maximum atomic E-state index is 12.1. The number of carboxylic acids is 1. The molecular formula is C18H14N4O5-2. The third-order valence-electron chi connectivity index (χ3n) is 4.02. The number of fused-ring (bicyclic) bond motifs is 1. The van der Waals surface area contributed by atoms with Crippen molar-refractivity contribution in [3.63, 3.8) is 0 Å². The molecule has 1 N–H and O–H groups in total. The maximum Gasteiger partial charge on any atom is 0.271 e. The molecule has 0 aliphatic rings. The number of nitro groups is 1. The van der Waals surface area contributed by atoms with Gasteiger partial charge in [-0.3, -0.25) is 15.1 Å². The van der Waals surface area contributed by atoms with E-state index in [2.05, 4.69) is 10.3 Å². The molecule has 1 aromatic heterocycles. The number of benzene rings is 2. The summed E-state index contributed by atoms with van der Waals surface area (Å²) in [6.07, 6.45) is 1.12. The predicted molar refractivity (Wildman–Crippen MR) is 96.2 cm³/mol. The second-order valence-electron chi connectivity index (χ2n) is 5.99. The molecule has 9 nitrogen and oxygen atoms in total. The van der Waals surface area contributed by atoms with Crippen molar-refractivity contribution in [3.05, 3.63) is 58.3 Å². The fraction of sp³-hybridized carbons (Fsp3) is 0.111. The van der Waals surface area contributed by atoms with Gasteiger partial charge in [-0.1, -0.05) is 11.8 Å². The third-order valence-corrected chi connectivity index (χ3v) is 4.02. The summed E-state index contributed by atoms with van der Waals surface area (Å²) in [6, 6.07) is 8.42. The quantitative estimate of drug-likeness (QED) is 0.529. The average molecular weight is 366 g/mol. The molecule has 0 bridgehead atoms. The van der Waals surface area contributed by atoms with Crippen LogP contribution in [-0.4, -0.2) is 30.0 Å². The number of carbonyl (C=O) groups is 1. The number of non-ortho nitro benzene ring substituents is 1. The second-order valence-corrected chi connectivity index (χ2v) is 5.99. The molecule has 0 aliphatic heterocycles. The molecular weight excluding hydrogens is 352 g/mol. The highest BCUT2D eigenvalue weighted by Crippen LogP contribution is 2.35. The van der Waals surface area contributed by atoms with Crippen molar-refractivity contribution < 1.29 is 19.9 Å². The van der Waals surface area contributed by atoms with Gasteiger partial charge in [-0.15, -0.1) is 0 Å². The first kappa shape index (κ1) is 17.9. The van der Waals surface area contributed by atoms with Crippen LogP contribution in [0.5, 0.6) is 5.75 Å². The first-order valence-corrected chi connectivity index (χ1v) is 7.82. The minimum absolute atomic E-state index is 0.0845. The smallest absolute Gasteiger partial charge is 0.271 e. The molecule has 0 radical (unpaired) electrons. The number of aromatic carboxylic acids is 1. The third kappa shape index (κ3) is 3.43. The van der Waals surface area contributed by atoms with Crippen molar-refractivity contribution in [3.8, 4) is 5.75 Å². The molecule has 0 saturated heterocycles. The molecule has 1 heterocycles. The van der Waals surface area contributed by atoms with E-state index in [1.54, 1.807) is 12.1 Å². The van der Waals surface area contributed by atoms with Crippen LogP contribution in [0.3, 0.4) is 0 Å². The van der Waals surface area contributed by atoms with E-state index >= 15 is 0 Å². The first-order chi connectivity index (χ1) is 12.8. The molecule has 138 valence electrons. The van der Waals surface area contributed by atoms with Gasteiger partial charge in [-0.25, -0.2) is 0 Å². The van der Waals surface area contributed by atoms with E-state index in [4.69, 9.17) is 0 Å². The molecule has 0 atom stereocenters. The van der Waals surface area contributed by atoms with E-state index < -0.39 is 16.6 Å². The number of hydrogen-bond donors (Lipinski definition) is 1. The van der Waals surface area contributed by atoms with Crippen molar-refractivity contribution in [2.24, 2.45) is 0 Å². The van der Waals surface area contributed by atoms with Crippen molar-refractivity contribution >= 4 is 39.6 Å². The molecule has 3 rings (SSSR count). The Bertz CT molecular complexity index is 1070. The molecule has 0 aliphatic carbocycles. The van der Waals surface area contributed by atoms with Crippen LogP contribution >= 0.6 is 0 Å². The first-order valence-electron chi connectivity index (χ1n) is 7.82. The Hall–Kier alpha value is -3.88. The summed E-state index contributed by atoms with van der Waals surface area (Å²) in [7, 11) is 3.64. The van der Waals surface area contributed by atoms with Crippen LogP contribution in [0.2, 0.25) is 0 Å². The monoisotopic (exact) mass is 366 g/mol. The largest absolute Gasteiger partial charge is 0.871 e. The topological polar surface area (TPSA) is 134 Å². The van der Waals surface area contributed by atoms with Crippen LogP contribution in [0, 0.1) is 10.1 Å². The Labute approximate surface area is 153 Å². The summed E-state index contributed by atoms with van der Waals surface area (Å²) in [5, 5.41) is 37.8. The number of anilines is 3. The molecule has 0 saturated carbocycles. The van der Waals surface area contributed by atoms with Crippen molar-refractivity contribution in [2.45, 2.75) is 0 Å². The minimum Gasteiger partial charge on any atom is -0.871 e. The molecule has 0 fully saturated rings. The molecule has 3 aromatic rings. The lowest BCUT2D eigenvalue weighted by Crippen LogP contribution is -2.24. The Morgan fingerprint density at radius 3 is 2.56 bits per heavy atom. The van der Waals surface area contributed by atoms with E-state index in [-0.39, 0.29) is 22.6 Å². The van der Waals surface area contributed by atoms with Gasteiger partial charge in [0.25, 0.3) is 5.69 Å².